The molecule has 23 heavy (non-hydrogen) atoms. The molecule has 0 amide bonds. The van der Waals surface area contributed by atoms with Crippen molar-refractivity contribution in [3.63, 3.8) is 0 Å². The Balaban J connectivity index is 2.88. The maximum Gasteiger partial charge on any atom is 0.432 e. The van der Waals surface area contributed by atoms with Crippen LogP contribution in [0.5, 0.6) is 5.75 Å². The molecule has 128 valence electrons. The standard InChI is InChI=1S/C17H21F3O3/c1-14(2,3)9-7-10(15(4,5)6)12-11(8-9)16(22,13(21)23-12)17(18,19)20/h7-8,22H,1-6H3. The normalized spacial score (nSPS) is 22.1. The van der Waals surface area contributed by atoms with E-state index in [4.69, 9.17) is 4.74 Å². The molecule has 0 aliphatic carbocycles. The minimum absolute atomic E-state index is 0.185. The van der Waals surface area contributed by atoms with Crippen LogP contribution in [0.1, 0.15) is 58.2 Å². The van der Waals surface area contributed by atoms with Crippen LogP contribution >= 0.6 is 0 Å². The Labute approximate surface area is 133 Å². The average Bonchev–Trinajstić information content (AvgIpc) is 2.59. The zero-order chi connectivity index (χ0) is 18.0. The van der Waals surface area contributed by atoms with Crippen molar-refractivity contribution in [2.24, 2.45) is 0 Å². The largest absolute Gasteiger partial charge is 0.432 e. The summed E-state index contributed by atoms with van der Waals surface area (Å²) in [5, 5.41) is 10.1. The molecule has 6 heteroatoms. The molecule has 1 N–H and O–H groups in total. The highest BCUT2D eigenvalue weighted by atomic mass is 19.4. The van der Waals surface area contributed by atoms with Gasteiger partial charge < -0.3 is 9.84 Å². The third-order valence-corrected chi connectivity index (χ3v) is 4.05. The summed E-state index contributed by atoms with van der Waals surface area (Å²) in [5.41, 5.74) is -4.08. The molecule has 0 spiro atoms. The molecule has 1 aromatic rings. The fourth-order valence-corrected chi connectivity index (χ4v) is 2.54. The first kappa shape index (κ1) is 17.8. The fourth-order valence-electron chi connectivity index (χ4n) is 2.54. The quantitative estimate of drug-likeness (QED) is 0.579. The van der Waals surface area contributed by atoms with Gasteiger partial charge in [0.15, 0.2) is 0 Å². The third-order valence-electron chi connectivity index (χ3n) is 4.05. The summed E-state index contributed by atoms with van der Waals surface area (Å²) >= 11 is 0. The van der Waals surface area contributed by atoms with Gasteiger partial charge in [-0.3, -0.25) is 0 Å². The Bertz CT molecular complexity index is 663. The van der Waals surface area contributed by atoms with Crippen molar-refractivity contribution in [1.29, 1.82) is 0 Å². The number of halogens is 3. The topological polar surface area (TPSA) is 46.5 Å². The van der Waals surface area contributed by atoms with Gasteiger partial charge in [-0.25, -0.2) is 4.79 Å². The summed E-state index contributed by atoms with van der Waals surface area (Å²) in [7, 11) is 0. The van der Waals surface area contributed by atoms with Crippen LogP contribution in [0.4, 0.5) is 13.2 Å². The van der Waals surface area contributed by atoms with Crippen LogP contribution in [0.2, 0.25) is 0 Å². The first-order chi connectivity index (χ1) is 10.1. The van der Waals surface area contributed by atoms with E-state index in [0.29, 0.717) is 11.1 Å². The molecule has 1 aliphatic heterocycles. The van der Waals surface area contributed by atoms with Gasteiger partial charge >= 0.3 is 12.1 Å². The molecule has 2 rings (SSSR count). The van der Waals surface area contributed by atoms with Gasteiger partial charge in [-0.15, -0.1) is 0 Å². The highest BCUT2D eigenvalue weighted by molar-refractivity contribution is 5.90. The van der Waals surface area contributed by atoms with Gasteiger partial charge in [-0.1, -0.05) is 47.6 Å². The van der Waals surface area contributed by atoms with Gasteiger partial charge in [0.2, 0.25) is 0 Å². The molecule has 1 aromatic carbocycles. The van der Waals surface area contributed by atoms with E-state index in [-0.39, 0.29) is 5.75 Å². The summed E-state index contributed by atoms with van der Waals surface area (Å²) in [6.07, 6.45) is -5.15. The fraction of sp³-hybridized carbons (Fsp3) is 0.588. The van der Waals surface area contributed by atoms with Gasteiger partial charge in [0.25, 0.3) is 5.60 Å². The molecule has 0 bridgehead atoms. The van der Waals surface area contributed by atoms with Crippen molar-refractivity contribution in [3.05, 3.63) is 28.8 Å². The molecule has 1 unspecified atom stereocenters. The zero-order valence-corrected chi connectivity index (χ0v) is 14.1. The Morgan fingerprint density at radius 1 is 1.00 bits per heavy atom. The van der Waals surface area contributed by atoms with Crippen LogP contribution in [0, 0.1) is 0 Å². The van der Waals surface area contributed by atoms with Crippen LogP contribution in [-0.2, 0) is 21.2 Å². The van der Waals surface area contributed by atoms with Gasteiger partial charge in [0.1, 0.15) is 5.75 Å². The van der Waals surface area contributed by atoms with E-state index in [1.807, 2.05) is 41.5 Å². The zero-order valence-electron chi connectivity index (χ0n) is 14.1. The number of alkyl halides is 3. The Morgan fingerprint density at radius 3 is 1.91 bits per heavy atom. The summed E-state index contributed by atoms with van der Waals surface area (Å²) in [6, 6.07) is 2.97. The first-order valence-corrected chi connectivity index (χ1v) is 7.31. The second-order valence-corrected chi connectivity index (χ2v) is 8.00. The van der Waals surface area contributed by atoms with Crippen molar-refractivity contribution in [3.8, 4) is 5.75 Å². The van der Waals surface area contributed by atoms with Gasteiger partial charge in [0, 0.05) is 11.1 Å². The van der Waals surface area contributed by atoms with Crippen molar-refractivity contribution in [1.82, 2.24) is 0 Å². The van der Waals surface area contributed by atoms with Crippen LogP contribution in [0.25, 0.3) is 0 Å². The number of fused-ring (bicyclic) bond motifs is 1. The number of ether oxygens (including phenoxy) is 1. The third kappa shape index (κ3) is 2.63. The first-order valence-electron chi connectivity index (χ1n) is 7.31. The molecular formula is C17H21F3O3. The smallest absolute Gasteiger partial charge is 0.423 e. The van der Waals surface area contributed by atoms with Crippen molar-refractivity contribution in [2.45, 2.75) is 64.1 Å². The van der Waals surface area contributed by atoms with E-state index in [9.17, 15) is 23.1 Å². The molecule has 3 nitrogen and oxygen atoms in total. The summed E-state index contributed by atoms with van der Waals surface area (Å²) in [4.78, 5) is 11.8. The van der Waals surface area contributed by atoms with Gasteiger partial charge in [-0.2, -0.15) is 13.2 Å². The minimum Gasteiger partial charge on any atom is -0.423 e. The van der Waals surface area contributed by atoms with Crippen molar-refractivity contribution < 1.29 is 27.8 Å². The molecule has 1 atom stereocenters. The molecule has 0 saturated carbocycles. The van der Waals surface area contributed by atoms with Crippen LogP contribution in [-0.4, -0.2) is 17.3 Å². The molecule has 1 heterocycles. The minimum atomic E-state index is -5.15. The second kappa shape index (κ2) is 4.72. The second-order valence-electron chi connectivity index (χ2n) is 8.00. The number of benzene rings is 1. The Morgan fingerprint density at radius 2 is 1.52 bits per heavy atom. The number of carbonyl (C=O) groups is 1. The lowest BCUT2D eigenvalue weighted by molar-refractivity contribution is -0.258. The van der Waals surface area contributed by atoms with Crippen LogP contribution in [0.3, 0.4) is 0 Å². The molecule has 0 radical (unpaired) electrons. The monoisotopic (exact) mass is 330 g/mol. The highest BCUT2D eigenvalue weighted by Gasteiger charge is 2.67. The lowest BCUT2D eigenvalue weighted by Crippen LogP contribution is -2.47. The van der Waals surface area contributed by atoms with Crippen LogP contribution in [0.15, 0.2) is 12.1 Å². The maximum absolute atomic E-state index is 13.4. The van der Waals surface area contributed by atoms with E-state index in [2.05, 4.69) is 0 Å². The van der Waals surface area contributed by atoms with Crippen LogP contribution < -0.4 is 4.74 Å². The molecule has 0 fully saturated rings. The lowest BCUT2D eigenvalue weighted by atomic mass is 9.77. The number of hydrogen-bond acceptors (Lipinski definition) is 3. The average molecular weight is 330 g/mol. The summed E-state index contributed by atoms with van der Waals surface area (Å²) < 4.78 is 45.0. The van der Waals surface area contributed by atoms with E-state index < -0.39 is 34.1 Å². The Kier molecular flexibility index (Phi) is 3.65. The number of rotatable bonds is 0. The SMILES string of the molecule is CC(C)(C)c1cc(C(C)(C)C)c2c(c1)C(O)(C(F)(F)F)C(=O)O2. The Hall–Kier alpha value is -1.56. The number of aliphatic hydroxyl groups is 1. The highest BCUT2D eigenvalue weighted by Crippen LogP contribution is 2.52. The summed E-state index contributed by atoms with van der Waals surface area (Å²) in [6.45, 7) is 11.0. The lowest BCUT2D eigenvalue weighted by Gasteiger charge is -2.28. The summed E-state index contributed by atoms with van der Waals surface area (Å²) in [5.74, 6) is -1.88. The molecule has 0 saturated heterocycles. The number of esters is 1. The molecular weight excluding hydrogens is 309 g/mol. The molecule has 0 aromatic heterocycles. The van der Waals surface area contributed by atoms with Crippen molar-refractivity contribution in [2.75, 3.05) is 0 Å². The predicted molar refractivity (Wildman–Crippen MR) is 79.4 cm³/mol. The van der Waals surface area contributed by atoms with Gasteiger partial charge in [-0.05, 0) is 22.5 Å². The van der Waals surface area contributed by atoms with E-state index in [1.165, 1.54) is 6.07 Å². The number of carbonyl (C=O) groups excluding carboxylic acids is 1. The van der Waals surface area contributed by atoms with E-state index in [1.54, 1.807) is 6.07 Å². The molecule has 1 aliphatic rings. The van der Waals surface area contributed by atoms with Gasteiger partial charge in [0.05, 0.1) is 0 Å². The van der Waals surface area contributed by atoms with E-state index >= 15 is 0 Å². The number of hydrogen-bond donors (Lipinski definition) is 1. The van der Waals surface area contributed by atoms with Crippen molar-refractivity contribution >= 4 is 5.97 Å². The van der Waals surface area contributed by atoms with E-state index in [0.717, 1.165) is 0 Å². The predicted octanol–water partition coefficient (Wildman–Crippen LogP) is 3.95. The maximum atomic E-state index is 13.4.